The Labute approximate surface area is 169 Å². The molecule has 11 heteroatoms. The van der Waals surface area contributed by atoms with E-state index < -0.39 is 17.6 Å². The average Bonchev–Trinajstić information content (AvgIpc) is 3.11. The summed E-state index contributed by atoms with van der Waals surface area (Å²) in [6.07, 6.45) is 0.332. The second-order valence-electron chi connectivity index (χ2n) is 6.85. The fourth-order valence-corrected chi connectivity index (χ4v) is 3.39. The van der Waals surface area contributed by atoms with E-state index in [1.165, 1.54) is 0 Å². The number of aryl methyl sites for hydroxylation is 1. The molecule has 0 atom stereocenters. The minimum absolute atomic E-state index is 0.0102. The second kappa shape index (κ2) is 7.98. The van der Waals surface area contributed by atoms with Crippen LogP contribution in [0.5, 0.6) is 0 Å². The first kappa shape index (κ1) is 20.2. The van der Waals surface area contributed by atoms with Gasteiger partial charge in [0.1, 0.15) is 17.3 Å². The Morgan fingerprint density at radius 2 is 1.83 bits per heavy atom. The number of nitrogens with zero attached hydrogens (tertiary/aromatic N) is 5. The van der Waals surface area contributed by atoms with Crippen LogP contribution in [0.15, 0.2) is 30.7 Å². The topological polar surface area (TPSA) is 77.8 Å². The molecule has 7 nitrogen and oxygen atoms in total. The molecule has 1 N–H and O–H groups in total. The third-order valence-electron chi connectivity index (χ3n) is 4.86. The molecule has 158 valence electrons. The molecule has 1 aliphatic heterocycles. The zero-order valence-electron chi connectivity index (χ0n) is 15.9. The number of pyridine rings is 1. The maximum Gasteiger partial charge on any atom is 0.417 e. The number of imidazole rings is 1. The monoisotopic (exact) mass is 422 g/mol. The summed E-state index contributed by atoms with van der Waals surface area (Å²) in [6.45, 7) is 3.06. The predicted octanol–water partition coefficient (Wildman–Crippen LogP) is 4.30. The summed E-state index contributed by atoms with van der Waals surface area (Å²) >= 11 is 0. The van der Waals surface area contributed by atoms with E-state index in [0.29, 0.717) is 25.1 Å². The number of halogens is 4. The Morgan fingerprint density at radius 3 is 2.50 bits per heavy atom. The highest BCUT2D eigenvalue weighted by atomic mass is 19.4. The van der Waals surface area contributed by atoms with Crippen LogP contribution in [0, 0.1) is 12.7 Å². The van der Waals surface area contributed by atoms with Crippen LogP contribution in [-0.2, 0) is 10.9 Å². The van der Waals surface area contributed by atoms with Gasteiger partial charge in [-0.15, -0.1) is 0 Å². The summed E-state index contributed by atoms with van der Waals surface area (Å²) < 4.78 is 60.0. The second-order valence-corrected chi connectivity index (χ2v) is 6.85. The summed E-state index contributed by atoms with van der Waals surface area (Å²) in [4.78, 5) is 16.1. The molecule has 0 radical (unpaired) electrons. The highest BCUT2D eigenvalue weighted by molar-refractivity contribution is 5.59. The van der Waals surface area contributed by atoms with E-state index in [-0.39, 0.29) is 23.5 Å². The van der Waals surface area contributed by atoms with Gasteiger partial charge in [-0.25, -0.2) is 24.3 Å². The molecule has 1 fully saturated rings. The number of rotatable bonds is 4. The fourth-order valence-electron chi connectivity index (χ4n) is 3.39. The van der Waals surface area contributed by atoms with Crippen LogP contribution in [0.3, 0.4) is 0 Å². The van der Waals surface area contributed by atoms with Gasteiger partial charge in [0.05, 0.1) is 23.7 Å². The van der Waals surface area contributed by atoms with Crippen LogP contribution in [0.2, 0.25) is 0 Å². The molecule has 1 saturated heterocycles. The van der Waals surface area contributed by atoms with Gasteiger partial charge in [-0.05, 0) is 31.9 Å². The maximum atomic E-state index is 14.6. The Kier molecular flexibility index (Phi) is 5.37. The van der Waals surface area contributed by atoms with Gasteiger partial charge in [0.15, 0.2) is 5.82 Å². The van der Waals surface area contributed by atoms with Gasteiger partial charge < -0.3 is 14.6 Å². The lowest BCUT2D eigenvalue weighted by Gasteiger charge is -2.26. The van der Waals surface area contributed by atoms with Gasteiger partial charge in [-0.1, -0.05) is 0 Å². The van der Waals surface area contributed by atoms with E-state index in [4.69, 9.17) is 4.74 Å². The van der Waals surface area contributed by atoms with Crippen molar-refractivity contribution in [1.82, 2.24) is 24.5 Å². The summed E-state index contributed by atoms with van der Waals surface area (Å²) in [5.41, 5.74) is -0.321. The number of hydrogen-bond donors (Lipinski definition) is 1. The summed E-state index contributed by atoms with van der Waals surface area (Å²) in [5.74, 6) is 0.216. The van der Waals surface area contributed by atoms with Crippen molar-refractivity contribution >= 4 is 11.8 Å². The number of ether oxygens (including phenoxy) is 1. The van der Waals surface area contributed by atoms with Crippen LogP contribution in [0.1, 0.15) is 30.3 Å². The normalized spacial score (nSPS) is 15.4. The average molecular weight is 422 g/mol. The van der Waals surface area contributed by atoms with Crippen molar-refractivity contribution in [3.63, 3.8) is 0 Å². The Bertz CT molecular complexity index is 1030. The number of nitrogens with one attached hydrogen (secondary N) is 1. The molecular formula is C19H18F4N6O. The van der Waals surface area contributed by atoms with Crippen molar-refractivity contribution in [1.29, 1.82) is 0 Å². The van der Waals surface area contributed by atoms with E-state index in [9.17, 15) is 17.6 Å². The van der Waals surface area contributed by atoms with E-state index in [1.54, 1.807) is 6.20 Å². The minimum Gasteiger partial charge on any atom is -0.381 e. The molecule has 1 aliphatic rings. The van der Waals surface area contributed by atoms with Crippen LogP contribution in [0.25, 0.3) is 11.4 Å². The fraction of sp³-hybridized carbons (Fsp3) is 0.368. The quantitative estimate of drug-likeness (QED) is 0.632. The van der Waals surface area contributed by atoms with Crippen LogP contribution in [0.4, 0.5) is 29.3 Å². The molecule has 0 aliphatic carbocycles. The number of aromatic nitrogens is 5. The van der Waals surface area contributed by atoms with Crippen molar-refractivity contribution in [2.75, 3.05) is 18.5 Å². The zero-order valence-corrected chi connectivity index (χ0v) is 15.9. The number of hydrogen-bond acceptors (Lipinski definition) is 6. The van der Waals surface area contributed by atoms with Gasteiger partial charge in [0, 0.05) is 25.5 Å². The maximum absolute atomic E-state index is 14.6. The van der Waals surface area contributed by atoms with Crippen LogP contribution >= 0.6 is 0 Å². The SMILES string of the molecule is Cc1ncc(-c2nc(Nc3ccc(C(F)(F)F)cn3)ncc2F)n1C1CCOCC1. The highest BCUT2D eigenvalue weighted by Crippen LogP contribution is 2.31. The van der Waals surface area contributed by atoms with Gasteiger partial charge in [-0.3, -0.25) is 0 Å². The van der Waals surface area contributed by atoms with Crippen molar-refractivity contribution in [2.24, 2.45) is 0 Å². The third-order valence-corrected chi connectivity index (χ3v) is 4.86. The first-order valence-corrected chi connectivity index (χ1v) is 9.27. The van der Waals surface area contributed by atoms with E-state index in [0.717, 1.165) is 37.0 Å². The Hall–Kier alpha value is -3.08. The molecule has 30 heavy (non-hydrogen) atoms. The Balaban J connectivity index is 1.63. The molecule has 0 unspecified atom stereocenters. The van der Waals surface area contributed by atoms with Gasteiger partial charge in [-0.2, -0.15) is 13.2 Å². The van der Waals surface area contributed by atoms with Gasteiger partial charge >= 0.3 is 6.18 Å². The van der Waals surface area contributed by atoms with Crippen molar-refractivity contribution in [3.8, 4) is 11.4 Å². The first-order valence-electron chi connectivity index (χ1n) is 9.27. The Morgan fingerprint density at radius 1 is 1.07 bits per heavy atom. The standard InChI is InChI=1S/C19H18F4N6O/c1-11-24-10-15(29(11)13-4-6-30-7-5-13)17-14(20)9-26-18(28-17)27-16-3-2-12(8-25-16)19(21,22)23/h2-3,8-10,13H,4-7H2,1H3,(H,25,26,27,28). The minimum atomic E-state index is -4.48. The van der Waals surface area contributed by atoms with Crippen LogP contribution in [-0.4, -0.2) is 37.7 Å². The van der Waals surface area contributed by atoms with Gasteiger partial charge in [0.2, 0.25) is 5.95 Å². The summed E-state index contributed by atoms with van der Waals surface area (Å²) in [5, 5.41) is 2.71. The highest BCUT2D eigenvalue weighted by Gasteiger charge is 2.30. The van der Waals surface area contributed by atoms with Gasteiger partial charge in [0.25, 0.3) is 0 Å². The number of alkyl halides is 3. The zero-order chi connectivity index (χ0) is 21.3. The molecule has 0 spiro atoms. The summed E-state index contributed by atoms with van der Waals surface area (Å²) in [7, 11) is 0. The lowest BCUT2D eigenvalue weighted by Crippen LogP contribution is -2.21. The molecular weight excluding hydrogens is 404 g/mol. The molecule has 4 heterocycles. The molecule has 3 aromatic rings. The molecule has 0 bridgehead atoms. The van der Waals surface area contributed by atoms with E-state index in [2.05, 4.69) is 25.3 Å². The third kappa shape index (κ3) is 4.11. The smallest absolute Gasteiger partial charge is 0.381 e. The van der Waals surface area contributed by atoms with Crippen LogP contribution < -0.4 is 5.32 Å². The lowest BCUT2D eigenvalue weighted by molar-refractivity contribution is -0.137. The van der Waals surface area contributed by atoms with E-state index in [1.807, 2.05) is 11.5 Å². The number of anilines is 2. The molecule has 0 aromatic carbocycles. The molecule has 0 amide bonds. The lowest BCUT2D eigenvalue weighted by atomic mass is 10.1. The van der Waals surface area contributed by atoms with Crippen molar-refractivity contribution in [2.45, 2.75) is 32.0 Å². The molecule has 0 saturated carbocycles. The molecule has 4 rings (SSSR count). The first-order chi connectivity index (χ1) is 14.3. The summed E-state index contributed by atoms with van der Waals surface area (Å²) in [6, 6.07) is 2.16. The predicted molar refractivity (Wildman–Crippen MR) is 99.6 cm³/mol. The van der Waals surface area contributed by atoms with E-state index >= 15 is 0 Å². The largest absolute Gasteiger partial charge is 0.417 e. The van der Waals surface area contributed by atoms with Crippen molar-refractivity contribution < 1.29 is 22.3 Å². The van der Waals surface area contributed by atoms with Crippen molar-refractivity contribution in [3.05, 3.63) is 47.9 Å². The molecule has 3 aromatic heterocycles.